The summed E-state index contributed by atoms with van der Waals surface area (Å²) in [4.78, 5) is 29.6. The van der Waals surface area contributed by atoms with Crippen LogP contribution in [0.3, 0.4) is 0 Å². The van der Waals surface area contributed by atoms with Crippen LogP contribution in [0.4, 0.5) is 5.69 Å². The van der Waals surface area contributed by atoms with Crippen LogP contribution in [0.15, 0.2) is 78.9 Å². The average Bonchev–Trinajstić information content (AvgIpc) is 2.90. The van der Waals surface area contributed by atoms with Gasteiger partial charge in [0.1, 0.15) is 18.3 Å². The van der Waals surface area contributed by atoms with E-state index in [0.29, 0.717) is 12.4 Å². The Labute approximate surface area is 244 Å². The molecule has 0 radical (unpaired) electrons. The Balaban J connectivity index is 2.11. The molecule has 8 nitrogen and oxygen atoms in total. The summed E-state index contributed by atoms with van der Waals surface area (Å²) in [6.07, 6.45) is 1.32. The largest absolute Gasteiger partial charge is 0.492 e. The highest BCUT2D eigenvalue weighted by molar-refractivity contribution is 7.92. The van der Waals surface area contributed by atoms with Gasteiger partial charge in [0.05, 0.1) is 18.6 Å². The van der Waals surface area contributed by atoms with Gasteiger partial charge in [0.2, 0.25) is 21.8 Å². The number of rotatable bonds is 12. The van der Waals surface area contributed by atoms with Gasteiger partial charge in [-0.15, -0.1) is 0 Å². The molecule has 0 spiro atoms. The van der Waals surface area contributed by atoms with Crippen LogP contribution in [-0.2, 0) is 32.6 Å². The molecule has 0 fully saturated rings. The standard InChI is InChI=1S/C32H41N3O5S/c1-7-40-29-20-14-13-19-27(29)35(41(6,38)39)23-30(36)34(22-26-18-12-11-15-24(26)2)28(31(37)33-32(3,4)5)21-25-16-9-8-10-17-25/h8-20,28H,7,21-23H2,1-6H3,(H,33,37)/t28-/m0/s1. The molecule has 220 valence electrons. The summed E-state index contributed by atoms with van der Waals surface area (Å²) in [6.45, 7) is 9.36. The van der Waals surface area contributed by atoms with Gasteiger partial charge in [-0.3, -0.25) is 13.9 Å². The van der Waals surface area contributed by atoms with Crippen LogP contribution in [0.5, 0.6) is 5.75 Å². The SMILES string of the molecule is CCOc1ccccc1N(CC(=O)N(Cc1ccccc1C)[C@@H](Cc1ccccc1)C(=O)NC(C)(C)C)S(C)(=O)=O. The van der Waals surface area contributed by atoms with Crippen LogP contribution in [0.2, 0.25) is 0 Å². The monoisotopic (exact) mass is 579 g/mol. The lowest BCUT2D eigenvalue weighted by Crippen LogP contribution is -2.56. The lowest BCUT2D eigenvalue weighted by Gasteiger charge is -2.35. The number of ether oxygens (including phenoxy) is 1. The third-order valence-corrected chi connectivity index (χ3v) is 7.61. The minimum absolute atomic E-state index is 0.130. The zero-order chi connectivity index (χ0) is 30.2. The fraction of sp³-hybridized carbons (Fsp3) is 0.375. The molecule has 0 aliphatic heterocycles. The highest BCUT2D eigenvalue weighted by atomic mass is 32.2. The van der Waals surface area contributed by atoms with Crippen molar-refractivity contribution in [2.45, 2.75) is 59.2 Å². The fourth-order valence-corrected chi connectivity index (χ4v) is 5.37. The van der Waals surface area contributed by atoms with Gasteiger partial charge in [-0.25, -0.2) is 8.42 Å². The molecule has 0 unspecified atom stereocenters. The van der Waals surface area contributed by atoms with E-state index in [1.807, 2.05) is 82.3 Å². The molecule has 0 saturated heterocycles. The molecule has 0 bridgehead atoms. The van der Waals surface area contributed by atoms with Crippen molar-refractivity contribution in [1.29, 1.82) is 0 Å². The number of hydrogen-bond acceptors (Lipinski definition) is 5. The first-order valence-electron chi connectivity index (χ1n) is 13.7. The second-order valence-electron chi connectivity index (χ2n) is 11.1. The van der Waals surface area contributed by atoms with Crippen LogP contribution in [0.1, 0.15) is 44.4 Å². The molecular formula is C32H41N3O5S. The number of benzene rings is 3. The molecule has 1 atom stereocenters. The van der Waals surface area contributed by atoms with Crippen molar-refractivity contribution in [2.24, 2.45) is 0 Å². The Bertz CT molecular complexity index is 1430. The van der Waals surface area contributed by atoms with E-state index in [0.717, 1.165) is 27.3 Å². The molecule has 1 N–H and O–H groups in total. The number of hydrogen-bond donors (Lipinski definition) is 1. The van der Waals surface area contributed by atoms with E-state index in [1.165, 1.54) is 4.90 Å². The first-order chi connectivity index (χ1) is 19.3. The third kappa shape index (κ3) is 9.08. The Morgan fingerprint density at radius 2 is 1.54 bits per heavy atom. The van der Waals surface area contributed by atoms with Crippen LogP contribution in [0.25, 0.3) is 0 Å². The van der Waals surface area contributed by atoms with E-state index in [4.69, 9.17) is 4.74 Å². The Kier molecular flexibility index (Phi) is 10.6. The summed E-state index contributed by atoms with van der Waals surface area (Å²) < 4.78 is 32.9. The van der Waals surface area contributed by atoms with Crippen molar-refractivity contribution in [1.82, 2.24) is 10.2 Å². The maximum Gasteiger partial charge on any atom is 0.244 e. The van der Waals surface area contributed by atoms with E-state index in [-0.39, 0.29) is 24.6 Å². The average molecular weight is 580 g/mol. The minimum atomic E-state index is -3.90. The Morgan fingerprint density at radius 1 is 0.927 bits per heavy atom. The molecule has 0 heterocycles. The maximum atomic E-state index is 14.3. The summed E-state index contributed by atoms with van der Waals surface area (Å²) >= 11 is 0. The van der Waals surface area contributed by atoms with E-state index in [2.05, 4.69) is 5.32 Å². The van der Waals surface area contributed by atoms with Crippen molar-refractivity contribution in [3.63, 3.8) is 0 Å². The minimum Gasteiger partial charge on any atom is -0.492 e. The van der Waals surface area contributed by atoms with Crippen LogP contribution in [-0.4, -0.2) is 56.1 Å². The van der Waals surface area contributed by atoms with E-state index >= 15 is 0 Å². The molecule has 3 rings (SSSR count). The third-order valence-electron chi connectivity index (χ3n) is 6.48. The predicted octanol–water partition coefficient (Wildman–Crippen LogP) is 4.71. The first kappa shape index (κ1) is 31.7. The second-order valence-corrected chi connectivity index (χ2v) is 13.0. The molecule has 0 aliphatic rings. The van der Waals surface area contributed by atoms with Gasteiger partial charge in [-0.05, 0) is 63.4 Å². The number of sulfonamides is 1. The molecule has 0 saturated carbocycles. The normalized spacial score (nSPS) is 12.3. The van der Waals surface area contributed by atoms with Crippen molar-refractivity contribution in [3.05, 3.63) is 95.6 Å². The maximum absolute atomic E-state index is 14.3. The Morgan fingerprint density at radius 3 is 2.15 bits per heavy atom. The number of carbonyl (C=O) groups excluding carboxylic acids is 2. The van der Waals surface area contributed by atoms with Crippen molar-refractivity contribution >= 4 is 27.5 Å². The summed E-state index contributed by atoms with van der Waals surface area (Å²) in [7, 11) is -3.90. The van der Waals surface area contributed by atoms with Crippen LogP contribution < -0.4 is 14.4 Å². The first-order valence-corrected chi connectivity index (χ1v) is 15.5. The zero-order valence-electron chi connectivity index (χ0n) is 24.8. The molecule has 3 aromatic rings. The Hall–Kier alpha value is -3.85. The van der Waals surface area contributed by atoms with Gasteiger partial charge in [0, 0.05) is 18.5 Å². The smallest absolute Gasteiger partial charge is 0.244 e. The lowest BCUT2D eigenvalue weighted by molar-refractivity contribution is -0.140. The summed E-state index contributed by atoms with van der Waals surface area (Å²) in [5.41, 5.74) is 2.42. The molecule has 2 amide bonds. The highest BCUT2D eigenvalue weighted by Gasteiger charge is 2.35. The number of anilines is 1. The van der Waals surface area contributed by atoms with Gasteiger partial charge in [0.15, 0.2) is 0 Å². The molecule has 41 heavy (non-hydrogen) atoms. The topological polar surface area (TPSA) is 96.0 Å². The van der Waals surface area contributed by atoms with E-state index < -0.39 is 34.1 Å². The second kappa shape index (κ2) is 13.7. The highest BCUT2D eigenvalue weighted by Crippen LogP contribution is 2.30. The van der Waals surface area contributed by atoms with Crippen LogP contribution in [0, 0.1) is 6.92 Å². The summed E-state index contributed by atoms with van der Waals surface area (Å²) in [6, 6.07) is 23.0. The van der Waals surface area contributed by atoms with Gasteiger partial charge in [-0.2, -0.15) is 0 Å². The van der Waals surface area contributed by atoms with Gasteiger partial charge < -0.3 is 15.0 Å². The number of carbonyl (C=O) groups is 2. The fourth-order valence-electron chi connectivity index (χ4n) is 4.51. The van der Waals surface area contributed by atoms with Gasteiger partial charge >= 0.3 is 0 Å². The zero-order valence-corrected chi connectivity index (χ0v) is 25.6. The molecule has 0 aliphatic carbocycles. The van der Waals surface area contributed by atoms with Gasteiger partial charge in [0.25, 0.3) is 0 Å². The van der Waals surface area contributed by atoms with Crippen molar-refractivity contribution in [2.75, 3.05) is 23.7 Å². The summed E-state index contributed by atoms with van der Waals surface area (Å²) in [5, 5.41) is 3.03. The number of aryl methyl sites for hydroxylation is 1. The van der Waals surface area contributed by atoms with E-state index in [9.17, 15) is 18.0 Å². The van der Waals surface area contributed by atoms with Crippen molar-refractivity contribution in [3.8, 4) is 5.75 Å². The number of nitrogens with zero attached hydrogens (tertiary/aromatic N) is 2. The quantitative estimate of drug-likeness (QED) is 0.335. The number of amides is 2. The van der Waals surface area contributed by atoms with Crippen molar-refractivity contribution < 1.29 is 22.7 Å². The lowest BCUT2D eigenvalue weighted by atomic mass is 10.00. The molecule has 3 aromatic carbocycles. The van der Waals surface area contributed by atoms with Crippen LogP contribution >= 0.6 is 0 Å². The molecule has 0 aromatic heterocycles. The van der Waals surface area contributed by atoms with E-state index in [1.54, 1.807) is 31.2 Å². The predicted molar refractivity (Wildman–Crippen MR) is 163 cm³/mol. The number of nitrogens with one attached hydrogen (secondary N) is 1. The molecular weight excluding hydrogens is 538 g/mol. The van der Waals surface area contributed by atoms with Gasteiger partial charge in [-0.1, -0.05) is 66.7 Å². The number of para-hydroxylation sites is 2. The summed E-state index contributed by atoms with van der Waals surface area (Å²) in [5.74, 6) is -0.469. The molecule has 9 heteroatoms.